The first-order chi connectivity index (χ1) is 10.2. The van der Waals surface area contributed by atoms with Gasteiger partial charge in [-0.1, -0.05) is 0 Å². The van der Waals surface area contributed by atoms with Crippen LogP contribution in [0.4, 0.5) is 5.69 Å². The topological polar surface area (TPSA) is 66.1 Å². The molecule has 1 heterocycles. The van der Waals surface area contributed by atoms with Gasteiger partial charge in [0.25, 0.3) is 0 Å². The molecule has 0 bridgehead atoms. The fraction of sp³-hybridized carbons (Fsp3) is 0.133. The molecule has 0 saturated heterocycles. The van der Waals surface area contributed by atoms with Gasteiger partial charge in [0.15, 0.2) is 11.5 Å². The van der Waals surface area contributed by atoms with Crippen molar-refractivity contribution in [2.75, 3.05) is 12.7 Å². The van der Waals surface area contributed by atoms with Crippen molar-refractivity contribution in [1.82, 2.24) is 0 Å². The largest absolute Gasteiger partial charge is 0.457 e. The summed E-state index contributed by atoms with van der Waals surface area (Å²) in [7, 11) is 0. The lowest BCUT2D eigenvalue weighted by molar-refractivity contribution is 0.174. The molecule has 2 aromatic rings. The van der Waals surface area contributed by atoms with Crippen molar-refractivity contribution in [3.8, 4) is 23.0 Å². The molecule has 0 unspecified atom stereocenters. The number of hydrogen-bond acceptors (Lipinski definition) is 4. The third kappa shape index (κ3) is 3.20. The van der Waals surface area contributed by atoms with Crippen LogP contribution in [0.3, 0.4) is 0 Å². The molecule has 0 radical (unpaired) electrons. The van der Waals surface area contributed by atoms with E-state index in [-0.39, 0.29) is 12.7 Å². The minimum absolute atomic E-state index is 0.204. The van der Waals surface area contributed by atoms with Crippen molar-refractivity contribution < 1.29 is 14.2 Å². The summed E-state index contributed by atoms with van der Waals surface area (Å²) in [6.07, 6.45) is 0. The maximum absolute atomic E-state index is 5.75. The maximum atomic E-state index is 5.75. The molecule has 0 amide bonds. The van der Waals surface area contributed by atoms with Crippen LogP contribution in [0.25, 0.3) is 0 Å². The highest BCUT2D eigenvalue weighted by Gasteiger charge is 2.13. The normalized spacial score (nSPS) is 13.3. The van der Waals surface area contributed by atoms with E-state index in [1.165, 1.54) is 0 Å². The minimum Gasteiger partial charge on any atom is -0.457 e. The number of fused-ring (bicyclic) bond motifs is 1. The number of hydrogen-bond donors (Lipinski definition) is 1. The number of ether oxygens (including phenoxy) is 3. The predicted octanol–water partition coefficient (Wildman–Crippen LogP) is 3.44. The summed E-state index contributed by atoms with van der Waals surface area (Å²) in [6.45, 7) is 0.244. The standard InChI is InChI=1S/C15H13ClN2O3/c16-8-15(17)18-10-1-3-11(4-2-10)21-12-5-6-13-14(7-12)20-9-19-13/h1-7H,8-9H2,(H2,17,18). The van der Waals surface area contributed by atoms with Crippen LogP contribution in [0.5, 0.6) is 23.0 Å². The molecule has 2 aromatic carbocycles. The van der Waals surface area contributed by atoms with Crippen LogP contribution in [-0.4, -0.2) is 18.5 Å². The van der Waals surface area contributed by atoms with Gasteiger partial charge in [-0.2, -0.15) is 0 Å². The Labute approximate surface area is 126 Å². The number of halogens is 1. The maximum Gasteiger partial charge on any atom is 0.231 e. The van der Waals surface area contributed by atoms with Crippen molar-refractivity contribution in [3.05, 3.63) is 42.5 Å². The molecule has 108 valence electrons. The monoisotopic (exact) mass is 304 g/mol. The van der Waals surface area contributed by atoms with Gasteiger partial charge in [0.1, 0.15) is 17.3 Å². The van der Waals surface area contributed by atoms with E-state index in [0.29, 0.717) is 23.1 Å². The minimum atomic E-state index is 0.204. The first-order valence-electron chi connectivity index (χ1n) is 6.31. The van der Waals surface area contributed by atoms with Crippen molar-refractivity contribution in [1.29, 1.82) is 0 Å². The molecule has 1 aliphatic rings. The van der Waals surface area contributed by atoms with Gasteiger partial charge in [0, 0.05) is 6.07 Å². The lowest BCUT2D eigenvalue weighted by atomic mass is 10.3. The molecule has 6 heteroatoms. The van der Waals surface area contributed by atoms with Crippen LogP contribution >= 0.6 is 11.6 Å². The summed E-state index contributed by atoms with van der Waals surface area (Å²) < 4.78 is 16.3. The molecule has 0 aliphatic carbocycles. The first-order valence-corrected chi connectivity index (χ1v) is 6.84. The zero-order chi connectivity index (χ0) is 14.7. The van der Waals surface area contributed by atoms with Crippen LogP contribution in [-0.2, 0) is 0 Å². The second-order valence-electron chi connectivity index (χ2n) is 4.35. The van der Waals surface area contributed by atoms with Crippen molar-refractivity contribution in [3.63, 3.8) is 0 Å². The van der Waals surface area contributed by atoms with Crippen LogP contribution < -0.4 is 19.9 Å². The summed E-state index contributed by atoms with van der Waals surface area (Å²) in [6, 6.07) is 12.7. The van der Waals surface area contributed by atoms with E-state index in [1.54, 1.807) is 6.07 Å². The zero-order valence-electron chi connectivity index (χ0n) is 11.1. The fourth-order valence-electron chi connectivity index (χ4n) is 1.86. The number of amidine groups is 1. The van der Waals surface area contributed by atoms with Crippen molar-refractivity contribution in [2.24, 2.45) is 10.7 Å². The molecular formula is C15H13ClN2O3. The predicted molar refractivity (Wildman–Crippen MR) is 81.1 cm³/mol. The summed E-state index contributed by atoms with van der Waals surface area (Å²) in [5.41, 5.74) is 6.31. The van der Waals surface area contributed by atoms with Gasteiger partial charge in [-0.05, 0) is 36.4 Å². The number of aliphatic imine (C=N–C) groups is 1. The molecule has 0 aromatic heterocycles. The van der Waals surface area contributed by atoms with Crippen molar-refractivity contribution in [2.45, 2.75) is 0 Å². The summed E-state index contributed by atoms with van der Waals surface area (Å²) >= 11 is 5.58. The zero-order valence-corrected chi connectivity index (χ0v) is 11.8. The molecule has 0 fully saturated rings. The lowest BCUT2D eigenvalue weighted by Crippen LogP contribution is -2.12. The number of nitrogens with zero attached hydrogens (tertiary/aromatic N) is 1. The van der Waals surface area contributed by atoms with Gasteiger partial charge in [0.2, 0.25) is 6.79 Å². The molecule has 5 nitrogen and oxygen atoms in total. The molecule has 1 aliphatic heterocycles. The van der Waals surface area contributed by atoms with Gasteiger partial charge < -0.3 is 19.9 Å². The highest BCUT2D eigenvalue weighted by Crippen LogP contribution is 2.36. The van der Waals surface area contributed by atoms with E-state index in [9.17, 15) is 0 Å². The Kier molecular flexibility index (Phi) is 3.83. The summed E-state index contributed by atoms with van der Waals surface area (Å²) in [5, 5.41) is 0. The van der Waals surface area contributed by atoms with Crippen LogP contribution in [0.2, 0.25) is 0 Å². The van der Waals surface area contributed by atoms with E-state index in [2.05, 4.69) is 4.99 Å². The third-order valence-electron chi connectivity index (χ3n) is 2.83. The van der Waals surface area contributed by atoms with E-state index < -0.39 is 0 Å². The van der Waals surface area contributed by atoms with Gasteiger partial charge in [-0.3, -0.25) is 0 Å². The van der Waals surface area contributed by atoms with E-state index in [0.717, 1.165) is 11.4 Å². The highest BCUT2D eigenvalue weighted by atomic mass is 35.5. The molecule has 0 atom stereocenters. The van der Waals surface area contributed by atoms with Gasteiger partial charge in [-0.25, -0.2) is 4.99 Å². The Morgan fingerprint density at radius 1 is 1.10 bits per heavy atom. The number of nitrogens with two attached hydrogens (primary N) is 1. The second-order valence-corrected chi connectivity index (χ2v) is 4.62. The van der Waals surface area contributed by atoms with Crippen LogP contribution in [0.15, 0.2) is 47.5 Å². The number of alkyl halides is 1. The van der Waals surface area contributed by atoms with Crippen LogP contribution in [0, 0.1) is 0 Å². The molecule has 0 saturated carbocycles. The molecule has 2 N–H and O–H groups in total. The highest BCUT2D eigenvalue weighted by molar-refractivity contribution is 6.28. The van der Waals surface area contributed by atoms with Crippen molar-refractivity contribution >= 4 is 23.1 Å². The second kappa shape index (κ2) is 5.93. The smallest absolute Gasteiger partial charge is 0.231 e. The SMILES string of the molecule is NC(CCl)=Nc1ccc(Oc2ccc3c(c2)OCO3)cc1. The number of rotatable bonds is 4. The summed E-state index contributed by atoms with van der Waals surface area (Å²) in [4.78, 5) is 4.14. The fourth-order valence-corrected chi connectivity index (χ4v) is 1.92. The third-order valence-corrected chi connectivity index (χ3v) is 3.10. The van der Waals surface area contributed by atoms with E-state index in [1.807, 2.05) is 36.4 Å². The van der Waals surface area contributed by atoms with Gasteiger partial charge in [0.05, 0.1) is 11.6 Å². The lowest BCUT2D eigenvalue weighted by Gasteiger charge is -2.06. The molecule has 3 rings (SSSR count). The first kappa shape index (κ1) is 13.6. The molecule has 0 spiro atoms. The average molecular weight is 305 g/mol. The van der Waals surface area contributed by atoms with Gasteiger partial charge in [-0.15, -0.1) is 11.6 Å². The Morgan fingerprint density at radius 2 is 1.81 bits per heavy atom. The summed E-state index contributed by atoms with van der Waals surface area (Å²) in [5.74, 6) is 3.36. The van der Waals surface area contributed by atoms with Gasteiger partial charge >= 0.3 is 0 Å². The van der Waals surface area contributed by atoms with Crippen LogP contribution in [0.1, 0.15) is 0 Å². The average Bonchev–Trinajstić information content (AvgIpc) is 2.96. The van der Waals surface area contributed by atoms with E-state index in [4.69, 9.17) is 31.5 Å². The molecular weight excluding hydrogens is 292 g/mol. The Morgan fingerprint density at radius 3 is 2.57 bits per heavy atom. The quantitative estimate of drug-likeness (QED) is 0.534. The molecule has 21 heavy (non-hydrogen) atoms. The Balaban J connectivity index is 1.73. The Hall–Kier alpha value is -2.40. The Bertz CT molecular complexity index is 671. The number of benzene rings is 2. The van der Waals surface area contributed by atoms with E-state index >= 15 is 0 Å².